The SMILES string of the molecule is C[C@@H](c1ccc(C#N)cc1)N1CCN(c2ccc(C(=O)N(C)C)cc2Cl)[C@H](c2ccc(Cl)cc2)C1. The molecule has 180 valence electrons. The Morgan fingerprint density at radius 2 is 1.71 bits per heavy atom. The highest BCUT2D eigenvalue weighted by Crippen LogP contribution is 2.38. The molecule has 7 heteroatoms. The van der Waals surface area contributed by atoms with Gasteiger partial charge in [-0.3, -0.25) is 9.69 Å². The molecular formula is C28H28Cl2N4O. The van der Waals surface area contributed by atoms with Gasteiger partial charge in [-0.25, -0.2) is 0 Å². The highest BCUT2D eigenvalue weighted by atomic mass is 35.5. The maximum absolute atomic E-state index is 12.4. The number of halogens is 2. The zero-order chi connectivity index (χ0) is 25.1. The summed E-state index contributed by atoms with van der Waals surface area (Å²) in [4.78, 5) is 18.7. The van der Waals surface area contributed by atoms with Crippen LogP contribution in [0.25, 0.3) is 0 Å². The van der Waals surface area contributed by atoms with Gasteiger partial charge in [0.05, 0.1) is 28.4 Å². The smallest absolute Gasteiger partial charge is 0.253 e. The molecule has 5 nitrogen and oxygen atoms in total. The van der Waals surface area contributed by atoms with E-state index in [4.69, 9.17) is 28.5 Å². The summed E-state index contributed by atoms with van der Waals surface area (Å²) >= 11 is 12.9. The van der Waals surface area contributed by atoms with Gasteiger partial charge in [-0.15, -0.1) is 0 Å². The van der Waals surface area contributed by atoms with Crippen molar-refractivity contribution in [3.8, 4) is 6.07 Å². The number of nitriles is 1. The Balaban J connectivity index is 1.65. The van der Waals surface area contributed by atoms with Crippen molar-refractivity contribution < 1.29 is 4.79 Å². The molecule has 1 fully saturated rings. The van der Waals surface area contributed by atoms with Gasteiger partial charge in [0.1, 0.15) is 0 Å². The summed E-state index contributed by atoms with van der Waals surface area (Å²) < 4.78 is 0. The van der Waals surface area contributed by atoms with Crippen molar-refractivity contribution in [2.24, 2.45) is 0 Å². The summed E-state index contributed by atoms with van der Waals surface area (Å²) in [5.41, 5.74) is 4.47. The van der Waals surface area contributed by atoms with Crippen LogP contribution in [0.5, 0.6) is 0 Å². The number of benzene rings is 3. The molecule has 3 aromatic rings. The van der Waals surface area contributed by atoms with E-state index in [1.165, 1.54) is 5.56 Å². The van der Waals surface area contributed by atoms with Gasteiger partial charge in [0, 0.05) is 50.4 Å². The zero-order valence-corrected chi connectivity index (χ0v) is 21.6. The van der Waals surface area contributed by atoms with Crippen LogP contribution in [0.3, 0.4) is 0 Å². The van der Waals surface area contributed by atoms with E-state index in [2.05, 4.69) is 34.9 Å². The number of carbonyl (C=O) groups is 1. The first-order valence-electron chi connectivity index (χ1n) is 11.6. The summed E-state index contributed by atoms with van der Waals surface area (Å²) in [6.45, 7) is 4.61. The predicted molar refractivity (Wildman–Crippen MR) is 142 cm³/mol. The van der Waals surface area contributed by atoms with Crippen molar-refractivity contribution in [2.75, 3.05) is 38.6 Å². The van der Waals surface area contributed by atoms with Gasteiger partial charge in [0.2, 0.25) is 0 Å². The normalized spacial score (nSPS) is 17.0. The standard InChI is InChI=1S/C28H28Cl2N4O/c1-19(21-6-4-20(17-31)5-7-21)33-14-15-34(27(18-33)22-8-11-24(29)12-9-22)26-13-10-23(16-25(26)30)28(35)32(2)3/h4-13,16,19,27H,14-15,18H2,1-3H3/t19-,27-/m0/s1. The number of piperazine rings is 1. The average Bonchev–Trinajstić information content (AvgIpc) is 2.88. The first-order chi connectivity index (χ1) is 16.8. The molecule has 1 aliphatic heterocycles. The summed E-state index contributed by atoms with van der Waals surface area (Å²) in [6, 6.07) is 23.7. The third-order valence-electron chi connectivity index (χ3n) is 6.65. The van der Waals surface area contributed by atoms with Crippen LogP contribution in [-0.2, 0) is 0 Å². The minimum atomic E-state index is -0.0752. The second-order valence-corrected chi connectivity index (χ2v) is 9.87. The third-order valence-corrected chi connectivity index (χ3v) is 7.20. The fourth-order valence-corrected chi connectivity index (χ4v) is 5.01. The van der Waals surface area contributed by atoms with Gasteiger partial charge in [-0.2, -0.15) is 5.26 Å². The molecular weight excluding hydrogens is 479 g/mol. The summed E-state index contributed by atoms with van der Waals surface area (Å²) in [5.74, 6) is -0.0752. The lowest BCUT2D eigenvalue weighted by Gasteiger charge is -2.45. The molecule has 0 unspecified atom stereocenters. The van der Waals surface area contributed by atoms with Crippen LogP contribution < -0.4 is 4.90 Å². The quantitative estimate of drug-likeness (QED) is 0.413. The molecule has 1 aliphatic rings. The fourth-order valence-electron chi connectivity index (χ4n) is 4.59. The minimum absolute atomic E-state index is 0.0507. The van der Waals surface area contributed by atoms with Gasteiger partial charge < -0.3 is 9.80 Å². The number of amides is 1. The van der Waals surface area contributed by atoms with E-state index < -0.39 is 0 Å². The number of hydrogen-bond donors (Lipinski definition) is 0. The van der Waals surface area contributed by atoms with Crippen LogP contribution in [0.1, 0.15) is 46.1 Å². The van der Waals surface area contributed by atoms with Crippen molar-refractivity contribution in [2.45, 2.75) is 19.0 Å². The lowest BCUT2D eigenvalue weighted by atomic mass is 9.98. The molecule has 1 amide bonds. The second kappa shape index (κ2) is 10.7. The van der Waals surface area contributed by atoms with Crippen molar-refractivity contribution >= 4 is 34.8 Å². The highest BCUT2D eigenvalue weighted by Gasteiger charge is 2.32. The molecule has 0 aromatic heterocycles. The number of nitrogens with zero attached hydrogens (tertiary/aromatic N) is 4. The number of rotatable bonds is 5. The lowest BCUT2D eigenvalue weighted by molar-refractivity contribution is 0.0827. The molecule has 0 aliphatic carbocycles. The Bertz CT molecular complexity index is 1240. The Labute approximate surface area is 217 Å². The van der Waals surface area contributed by atoms with Crippen molar-refractivity contribution in [1.82, 2.24) is 9.80 Å². The largest absolute Gasteiger partial charge is 0.361 e. The maximum Gasteiger partial charge on any atom is 0.253 e. The molecule has 0 spiro atoms. The Morgan fingerprint density at radius 3 is 2.31 bits per heavy atom. The second-order valence-electron chi connectivity index (χ2n) is 9.03. The lowest BCUT2D eigenvalue weighted by Crippen LogP contribution is -2.49. The third kappa shape index (κ3) is 5.46. The average molecular weight is 507 g/mol. The van der Waals surface area contributed by atoms with Crippen LogP contribution >= 0.6 is 23.2 Å². The van der Waals surface area contributed by atoms with Gasteiger partial charge >= 0.3 is 0 Å². The molecule has 0 N–H and O–H groups in total. The minimum Gasteiger partial charge on any atom is -0.361 e. The topological polar surface area (TPSA) is 50.6 Å². The Hall–Kier alpha value is -3.04. The van der Waals surface area contributed by atoms with E-state index in [0.29, 0.717) is 21.2 Å². The molecule has 1 heterocycles. The number of hydrogen-bond acceptors (Lipinski definition) is 4. The molecule has 0 radical (unpaired) electrons. The summed E-state index contributed by atoms with van der Waals surface area (Å²) in [5, 5.41) is 10.4. The monoisotopic (exact) mass is 506 g/mol. The van der Waals surface area contributed by atoms with Crippen molar-refractivity contribution in [1.29, 1.82) is 5.26 Å². The molecule has 0 bridgehead atoms. The Morgan fingerprint density at radius 1 is 1.03 bits per heavy atom. The number of carbonyl (C=O) groups excluding carboxylic acids is 1. The molecule has 0 saturated carbocycles. The van der Waals surface area contributed by atoms with E-state index >= 15 is 0 Å². The predicted octanol–water partition coefficient (Wildman–Crippen LogP) is 6.19. The van der Waals surface area contributed by atoms with Crippen molar-refractivity contribution in [3.05, 3.63) is 99.0 Å². The summed E-state index contributed by atoms with van der Waals surface area (Å²) in [6.07, 6.45) is 0. The molecule has 1 saturated heterocycles. The van der Waals surface area contributed by atoms with E-state index in [1.54, 1.807) is 25.1 Å². The first-order valence-corrected chi connectivity index (χ1v) is 12.3. The first kappa shape index (κ1) is 25.1. The van der Waals surface area contributed by atoms with Crippen LogP contribution in [0, 0.1) is 11.3 Å². The molecule has 4 rings (SSSR count). The van der Waals surface area contributed by atoms with Crippen LogP contribution in [-0.4, -0.2) is 49.4 Å². The Kier molecular flexibility index (Phi) is 7.66. The van der Waals surface area contributed by atoms with Gasteiger partial charge in [0.15, 0.2) is 0 Å². The fraction of sp³-hybridized carbons (Fsp3) is 0.286. The van der Waals surface area contributed by atoms with Crippen molar-refractivity contribution in [3.63, 3.8) is 0 Å². The molecule has 2 atom stereocenters. The maximum atomic E-state index is 12.4. The number of anilines is 1. The molecule has 3 aromatic carbocycles. The molecule has 35 heavy (non-hydrogen) atoms. The van der Waals surface area contributed by atoms with Gasteiger partial charge in [-0.05, 0) is 60.5 Å². The highest BCUT2D eigenvalue weighted by molar-refractivity contribution is 6.33. The van der Waals surface area contributed by atoms with Crippen LogP contribution in [0.4, 0.5) is 5.69 Å². The van der Waals surface area contributed by atoms with E-state index in [1.807, 2.05) is 48.5 Å². The summed E-state index contributed by atoms with van der Waals surface area (Å²) in [7, 11) is 3.46. The van der Waals surface area contributed by atoms with Gasteiger partial charge in [-0.1, -0.05) is 47.5 Å². The van der Waals surface area contributed by atoms with Crippen LogP contribution in [0.15, 0.2) is 66.7 Å². The van der Waals surface area contributed by atoms with Crippen LogP contribution in [0.2, 0.25) is 10.0 Å². The van der Waals surface area contributed by atoms with Gasteiger partial charge in [0.25, 0.3) is 5.91 Å². The van der Waals surface area contributed by atoms with E-state index in [9.17, 15) is 4.79 Å². The van der Waals surface area contributed by atoms with E-state index in [-0.39, 0.29) is 18.0 Å². The zero-order valence-electron chi connectivity index (χ0n) is 20.1. The van der Waals surface area contributed by atoms with E-state index in [0.717, 1.165) is 30.9 Å².